The zero-order valence-corrected chi connectivity index (χ0v) is 18.3. The minimum atomic E-state index is 0.0616. The molecular weight excluding hydrogens is 384 g/mol. The third-order valence-electron chi connectivity index (χ3n) is 5.95. The van der Waals surface area contributed by atoms with Crippen LogP contribution in [0.2, 0.25) is 0 Å². The number of nitrogens with zero attached hydrogens (tertiary/aromatic N) is 2. The Morgan fingerprint density at radius 1 is 1.17 bits per heavy atom. The standard InChI is InChI=1S/C23H30N2O3S/c1-16(2)24-11-8-19(9-12-24)28-22-14-17-7-10-25(15-21(17)29-22)23(26)18-5-4-6-20(13-18)27-3/h4-6,13-14,16,19H,7-12,15H2,1-3H3. The second-order valence-electron chi connectivity index (χ2n) is 8.17. The van der Waals surface area contributed by atoms with Crippen molar-refractivity contribution in [2.75, 3.05) is 26.7 Å². The predicted octanol–water partition coefficient (Wildman–Crippen LogP) is 4.21. The van der Waals surface area contributed by atoms with Gasteiger partial charge in [-0.05, 0) is 62.9 Å². The van der Waals surface area contributed by atoms with Crippen molar-refractivity contribution in [3.8, 4) is 10.8 Å². The van der Waals surface area contributed by atoms with Crippen molar-refractivity contribution in [1.82, 2.24) is 9.80 Å². The van der Waals surface area contributed by atoms with Gasteiger partial charge in [0.1, 0.15) is 11.9 Å². The van der Waals surface area contributed by atoms with Gasteiger partial charge in [0.05, 0.1) is 13.7 Å². The van der Waals surface area contributed by atoms with Crippen molar-refractivity contribution in [3.05, 3.63) is 46.3 Å². The molecule has 2 aliphatic rings. The molecule has 0 saturated carbocycles. The number of carbonyl (C=O) groups excluding carboxylic acids is 1. The number of hydrogen-bond acceptors (Lipinski definition) is 5. The maximum absolute atomic E-state index is 12.9. The number of carbonyl (C=O) groups is 1. The molecule has 0 N–H and O–H groups in total. The van der Waals surface area contributed by atoms with Crippen LogP contribution in [-0.4, -0.2) is 54.6 Å². The van der Waals surface area contributed by atoms with Gasteiger partial charge in [0.25, 0.3) is 5.91 Å². The van der Waals surface area contributed by atoms with E-state index in [1.807, 2.05) is 29.2 Å². The summed E-state index contributed by atoms with van der Waals surface area (Å²) in [4.78, 5) is 18.6. The Balaban J connectivity index is 1.38. The molecule has 4 rings (SSSR count). The second kappa shape index (κ2) is 8.76. The van der Waals surface area contributed by atoms with Crippen LogP contribution in [0.5, 0.6) is 10.8 Å². The average Bonchev–Trinajstić information content (AvgIpc) is 3.15. The Morgan fingerprint density at radius 2 is 1.97 bits per heavy atom. The van der Waals surface area contributed by atoms with E-state index >= 15 is 0 Å². The summed E-state index contributed by atoms with van der Waals surface area (Å²) in [6, 6.07) is 10.2. The van der Waals surface area contributed by atoms with Crippen LogP contribution in [-0.2, 0) is 13.0 Å². The summed E-state index contributed by atoms with van der Waals surface area (Å²) < 4.78 is 11.6. The molecule has 0 aliphatic carbocycles. The SMILES string of the molecule is COc1cccc(C(=O)N2CCc3cc(OC4CCN(C(C)C)CC4)sc3C2)c1. The van der Waals surface area contributed by atoms with E-state index in [2.05, 4.69) is 24.8 Å². The van der Waals surface area contributed by atoms with Crippen molar-refractivity contribution in [3.63, 3.8) is 0 Å². The highest BCUT2D eigenvalue weighted by Gasteiger charge is 2.26. The molecule has 0 bridgehead atoms. The number of benzene rings is 1. The number of fused-ring (bicyclic) bond motifs is 1. The monoisotopic (exact) mass is 414 g/mol. The van der Waals surface area contributed by atoms with Gasteiger partial charge < -0.3 is 19.3 Å². The van der Waals surface area contributed by atoms with Gasteiger partial charge in [-0.3, -0.25) is 4.79 Å². The van der Waals surface area contributed by atoms with Gasteiger partial charge in [0, 0.05) is 36.1 Å². The van der Waals surface area contributed by atoms with Crippen LogP contribution >= 0.6 is 11.3 Å². The fourth-order valence-electron chi connectivity index (χ4n) is 4.14. The van der Waals surface area contributed by atoms with Gasteiger partial charge in [0.2, 0.25) is 0 Å². The summed E-state index contributed by atoms with van der Waals surface area (Å²) in [5.74, 6) is 0.773. The number of piperidine rings is 1. The third-order valence-corrected chi connectivity index (χ3v) is 7.01. The molecular formula is C23H30N2O3S. The fraction of sp³-hybridized carbons (Fsp3) is 0.522. The third kappa shape index (κ3) is 4.59. The van der Waals surface area contributed by atoms with E-state index in [4.69, 9.17) is 9.47 Å². The summed E-state index contributed by atoms with van der Waals surface area (Å²) in [6.45, 7) is 8.13. The van der Waals surface area contributed by atoms with Gasteiger partial charge in [-0.2, -0.15) is 0 Å². The number of thiophene rings is 1. The first-order valence-corrected chi connectivity index (χ1v) is 11.3. The normalized spacial score (nSPS) is 18.0. The minimum absolute atomic E-state index is 0.0616. The summed E-state index contributed by atoms with van der Waals surface area (Å²) in [7, 11) is 1.62. The highest BCUT2D eigenvalue weighted by molar-refractivity contribution is 7.14. The Bertz CT molecular complexity index is 856. The molecule has 3 heterocycles. The van der Waals surface area contributed by atoms with E-state index in [0.29, 0.717) is 30.0 Å². The highest BCUT2D eigenvalue weighted by atomic mass is 32.1. The molecule has 1 aromatic carbocycles. The van der Waals surface area contributed by atoms with E-state index in [1.54, 1.807) is 18.4 Å². The first-order chi connectivity index (χ1) is 14.0. The number of rotatable bonds is 5. The van der Waals surface area contributed by atoms with Gasteiger partial charge in [0.15, 0.2) is 5.06 Å². The molecule has 6 heteroatoms. The fourth-order valence-corrected chi connectivity index (χ4v) is 5.28. The lowest BCUT2D eigenvalue weighted by atomic mass is 10.1. The van der Waals surface area contributed by atoms with E-state index in [0.717, 1.165) is 44.0 Å². The molecule has 1 saturated heterocycles. The van der Waals surface area contributed by atoms with Crippen LogP contribution in [0, 0.1) is 0 Å². The molecule has 1 aromatic heterocycles. The van der Waals surface area contributed by atoms with E-state index < -0.39 is 0 Å². The van der Waals surface area contributed by atoms with Crippen LogP contribution in [0.4, 0.5) is 0 Å². The largest absolute Gasteiger partial charge is 0.497 e. The Hall–Kier alpha value is -2.05. The Morgan fingerprint density at radius 3 is 2.69 bits per heavy atom. The maximum atomic E-state index is 12.9. The lowest BCUT2D eigenvalue weighted by Crippen LogP contribution is -2.41. The van der Waals surface area contributed by atoms with Gasteiger partial charge in [-0.1, -0.05) is 6.07 Å². The summed E-state index contributed by atoms with van der Waals surface area (Å²) in [5, 5.41) is 1.01. The number of amides is 1. The van der Waals surface area contributed by atoms with Crippen LogP contribution < -0.4 is 9.47 Å². The predicted molar refractivity (Wildman–Crippen MR) is 116 cm³/mol. The molecule has 0 atom stereocenters. The molecule has 5 nitrogen and oxygen atoms in total. The molecule has 0 unspecified atom stereocenters. The molecule has 1 fully saturated rings. The zero-order valence-electron chi connectivity index (χ0n) is 17.5. The summed E-state index contributed by atoms with van der Waals surface area (Å²) in [6.07, 6.45) is 3.36. The van der Waals surface area contributed by atoms with Crippen molar-refractivity contribution in [1.29, 1.82) is 0 Å². The highest BCUT2D eigenvalue weighted by Crippen LogP contribution is 2.35. The number of methoxy groups -OCH3 is 1. The van der Waals surface area contributed by atoms with E-state index in [1.165, 1.54) is 10.4 Å². The lowest BCUT2D eigenvalue weighted by molar-refractivity contribution is 0.0736. The average molecular weight is 415 g/mol. The molecule has 29 heavy (non-hydrogen) atoms. The van der Waals surface area contributed by atoms with Crippen LogP contribution in [0.15, 0.2) is 30.3 Å². The summed E-state index contributed by atoms with van der Waals surface area (Å²) >= 11 is 1.71. The molecule has 0 spiro atoms. The van der Waals surface area contributed by atoms with E-state index in [-0.39, 0.29) is 5.91 Å². The van der Waals surface area contributed by atoms with Gasteiger partial charge >= 0.3 is 0 Å². The minimum Gasteiger partial charge on any atom is -0.497 e. The molecule has 1 amide bonds. The number of ether oxygens (including phenoxy) is 2. The van der Waals surface area contributed by atoms with Gasteiger partial charge in [-0.25, -0.2) is 0 Å². The Labute approximate surface area is 177 Å². The lowest BCUT2D eigenvalue weighted by Gasteiger charge is -2.34. The number of hydrogen-bond donors (Lipinski definition) is 0. The summed E-state index contributed by atoms with van der Waals surface area (Å²) in [5.41, 5.74) is 2.01. The first kappa shape index (κ1) is 20.2. The van der Waals surface area contributed by atoms with E-state index in [9.17, 15) is 4.79 Å². The van der Waals surface area contributed by atoms with Crippen molar-refractivity contribution in [2.45, 2.75) is 51.8 Å². The van der Waals surface area contributed by atoms with Crippen molar-refractivity contribution < 1.29 is 14.3 Å². The smallest absolute Gasteiger partial charge is 0.254 e. The van der Waals surface area contributed by atoms with Gasteiger partial charge in [-0.15, -0.1) is 11.3 Å². The molecule has 156 valence electrons. The number of likely N-dealkylation sites (tertiary alicyclic amines) is 1. The molecule has 2 aromatic rings. The van der Waals surface area contributed by atoms with Crippen molar-refractivity contribution >= 4 is 17.2 Å². The first-order valence-electron chi connectivity index (χ1n) is 10.5. The Kier molecular flexibility index (Phi) is 6.11. The topological polar surface area (TPSA) is 42.0 Å². The molecule has 2 aliphatic heterocycles. The quantitative estimate of drug-likeness (QED) is 0.735. The maximum Gasteiger partial charge on any atom is 0.254 e. The van der Waals surface area contributed by atoms with Crippen LogP contribution in [0.3, 0.4) is 0 Å². The molecule has 0 radical (unpaired) electrons. The van der Waals surface area contributed by atoms with Crippen molar-refractivity contribution in [2.24, 2.45) is 0 Å². The van der Waals surface area contributed by atoms with Crippen LogP contribution in [0.1, 0.15) is 47.5 Å². The zero-order chi connectivity index (χ0) is 20.4. The second-order valence-corrected chi connectivity index (χ2v) is 9.27. The van der Waals surface area contributed by atoms with Crippen LogP contribution in [0.25, 0.3) is 0 Å².